The molecule has 1 heterocycles. The van der Waals surface area contributed by atoms with E-state index in [0.29, 0.717) is 24.1 Å². The molecule has 2 aromatic rings. The second-order valence-electron chi connectivity index (χ2n) is 6.69. The van der Waals surface area contributed by atoms with Crippen molar-refractivity contribution in [3.05, 3.63) is 46.3 Å². The highest BCUT2D eigenvalue weighted by molar-refractivity contribution is 5.96. The maximum Gasteiger partial charge on any atom is 0.349 e. The van der Waals surface area contributed by atoms with Crippen molar-refractivity contribution < 1.29 is 18.7 Å². The molecule has 7 heteroatoms. The van der Waals surface area contributed by atoms with Gasteiger partial charge in [-0.15, -0.1) is 0 Å². The lowest BCUT2D eigenvalue weighted by Crippen LogP contribution is -2.43. The van der Waals surface area contributed by atoms with Crippen molar-refractivity contribution in [3.8, 4) is 0 Å². The lowest BCUT2D eigenvalue weighted by molar-refractivity contribution is -0.145. The van der Waals surface area contributed by atoms with Crippen LogP contribution in [0.2, 0.25) is 0 Å². The van der Waals surface area contributed by atoms with E-state index < -0.39 is 23.4 Å². The fraction of sp³-hybridized carbons (Fsp3) is 0.476. The minimum absolute atomic E-state index is 0.0321. The van der Waals surface area contributed by atoms with Gasteiger partial charge in [-0.3, -0.25) is 9.59 Å². The van der Waals surface area contributed by atoms with Gasteiger partial charge in [-0.1, -0.05) is 39.0 Å². The minimum atomic E-state index is -0.678. The summed E-state index contributed by atoms with van der Waals surface area (Å²) in [6.45, 7) is 8.70. The van der Waals surface area contributed by atoms with Crippen molar-refractivity contribution >= 4 is 22.8 Å². The second-order valence-corrected chi connectivity index (χ2v) is 6.69. The Morgan fingerprint density at radius 1 is 1.14 bits per heavy atom. The van der Waals surface area contributed by atoms with Crippen molar-refractivity contribution in [1.82, 2.24) is 9.80 Å². The van der Waals surface area contributed by atoms with Crippen LogP contribution >= 0.6 is 0 Å². The predicted molar refractivity (Wildman–Crippen MR) is 107 cm³/mol. The first-order valence-corrected chi connectivity index (χ1v) is 9.53. The van der Waals surface area contributed by atoms with Gasteiger partial charge >= 0.3 is 11.6 Å². The Hall–Kier alpha value is -2.67. The van der Waals surface area contributed by atoms with E-state index >= 15 is 0 Å². The first kappa shape index (κ1) is 21.6. The third kappa shape index (κ3) is 5.19. The summed E-state index contributed by atoms with van der Waals surface area (Å²) in [5, 5.41) is 0.676. The number of amides is 1. The molecule has 0 aliphatic rings. The van der Waals surface area contributed by atoms with Crippen molar-refractivity contribution in [2.24, 2.45) is 5.92 Å². The molecule has 2 rings (SSSR count). The number of benzene rings is 1. The Balaban J connectivity index is 2.32. The molecule has 1 atom stereocenters. The minimum Gasteiger partial charge on any atom is -0.469 e. The number of nitrogens with zero attached hydrogens (tertiary/aromatic N) is 2. The SMILES string of the molecule is CCN(CC)CCN(CC(C)C(=O)OC)C(=O)c1cc2ccccc2oc1=O. The summed E-state index contributed by atoms with van der Waals surface area (Å²) >= 11 is 0. The summed E-state index contributed by atoms with van der Waals surface area (Å²) < 4.78 is 10.1. The fourth-order valence-electron chi connectivity index (χ4n) is 3.07. The Morgan fingerprint density at radius 3 is 2.46 bits per heavy atom. The van der Waals surface area contributed by atoms with E-state index in [1.165, 1.54) is 12.0 Å². The van der Waals surface area contributed by atoms with Crippen LogP contribution < -0.4 is 5.63 Å². The number of methoxy groups -OCH3 is 1. The molecule has 0 fully saturated rings. The van der Waals surface area contributed by atoms with Crippen LogP contribution in [0.25, 0.3) is 11.0 Å². The number of hydrogen-bond acceptors (Lipinski definition) is 6. The van der Waals surface area contributed by atoms with Gasteiger partial charge < -0.3 is 19.0 Å². The number of carbonyl (C=O) groups excluding carboxylic acids is 2. The van der Waals surface area contributed by atoms with E-state index in [1.54, 1.807) is 31.2 Å². The summed E-state index contributed by atoms with van der Waals surface area (Å²) in [6.07, 6.45) is 0. The number of carbonyl (C=O) groups is 2. The molecule has 0 radical (unpaired) electrons. The van der Waals surface area contributed by atoms with Gasteiger partial charge in [-0.05, 0) is 25.2 Å². The van der Waals surface area contributed by atoms with Gasteiger partial charge in [0.2, 0.25) is 0 Å². The summed E-state index contributed by atoms with van der Waals surface area (Å²) in [7, 11) is 1.32. The van der Waals surface area contributed by atoms with Crippen LogP contribution in [0.5, 0.6) is 0 Å². The number of fused-ring (bicyclic) bond motifs is 1. The predicted octanol–water partition coefficient (Wildman–Crippen LogP) is 2.39. The number of para-hydroxylation sites is 1. The Kier molecular flexibility index (Phi) is 7.75. The summed E-state index contributed by atoms with van der Waals surface area (Å²) in [6, 6.07) is 8.60. The van der Waals surface area contributed by atoms with Gasteiger partial charge in [-0.2, -0.15) is 0 Å². The van der Waals surface area contributed by atoms with Crippen LogP contribution in [0.1, 0.15) is 31.1 Å². The molecular weight excluding hydrogens is 360 g/mol. The Morgan fingerprint density at radius 2 is 1.82 bits per heavy atom. The average Bonchev–Trinajstić information content (AvgIpc) is 2.71. The molecule has 0 spiro atoms. The molecule has 0 aliphatic heterocycles. The molecule has 1 amide bonds. The maximum absolute atomic E-state index is 13.1. The summed E-state index contributed by atoms with van der Waals surface area (Å²) in [5.74, 6) is -1.34. The zero-order valence-electron chi connectivity index (χ0n) is 16.9. The van der Waals surface area contributed by atoms with E-state index in [0.717, 1.165) is 13.1 Å². The quantitative estimate of drug-likeness (QED) is 0.485. The highest BCUT2D eigenvalue weighted by Gasteiger charge is 2.25. The lowest BCUT2D eigenvalue weighted by atomic mass is 10.1. The number of hydrogen-bond donors (Lipinski definition) is 0. The molecule has 152 valence electrons. The number of ether oxygens (including phenoxy) is 1. The van der Waals surface area contributed by atoms with Gasteiger partial charge in [0.25, 0.3) is 5.91 Å². The lowest BCUT2D eigenvalue weighted by Gasteiger charge is -2.28. The second kappa shape index (κ2) is 10.0. The van der Waals surface area contributed by atoms with Crippen LogP contribution in [-0.2, 0) is 9.53 Å². The van der Waals surface area contributed by atoms with Gasteiger partial charge in [0, 0.05) is 25.0 Å². The first-order chi connectivity index (χ1) is 13.4. The zero-order chi connectivity index (χ0) is 20.7. The van der Waals surface area contributed by atoms with Crippen molar-refractivity contribution in [2.45, 2.75) is 20.8 Å². The van der Waals surface area contributed by atoms with Gasteiger partial charge in [-0.25, -0.2) is 4.79 Å². The number of rotatable bonds is 9. The molecule has 0 bridgehead atoms. The molecule has 0 aliphatic carbocycles. The van der Waals surface area contributed by atoms with Crippen LogP contribution in [0.15, 0.2) is 39.5 Å². The zero-order valence-corrected chi connectivity index (χ0v) is 16.9. The first-order valence-electron chi connectivity index (χ1n) is 9.53. The van der Waals surface area contributed by atoms with E-state index in [2.05, 4.69) is 4.90 Å². The molecule has 0 saturated carbocycles. The van der Waals surface area contributed by atoms with Crippen molar-refractivity contribution in [1.29, 1.82) is 0 Å². The van der Waals surface area contributed by atoms with E-state index in [1.807, 2.05) is 19.9 Å². The molecule has 0 N–H and O–H groups in total. The van der Waals surface area contributed by atoms with Crippen LogP contribution in [0.4, 0.5) is 0 Å². The molecule has 1 aromatic heterocycles. The molecule has 28 heavy (non-hydrogen) atoms. The van der Waals surface area contributed by atoms with E-state index in [9.17, 15) is 14.4 Å². The molecule has 1 aromatic carbocycles. The monoisotopic (exact) mass is 388 g/mol. The third-order valence-electron chi connectivity index (χ3n) is 4.84. The summed E-state index contributed by atoms with van der Waals surface area (Å²) in [4.78, 5) is 41.1. The smallest absolute Gasteiger partial charge is 0.349 e. The van der Waals surface area contributed by atoms with Crippen LogP contribution in [-0.4, -0.2) is 61.5 Å². The third-order valence-corrected chi connectivity index (χ3v) is 4.84. The molecule has 7 nitrogen and oxygen atoms in total. The topological polar surface area (TPSA) is 80.1 Å². The Bertz CT molecular complexity index is 872. The van der Waals surface area contributed by atoms with Crippen molar-refractivity contribution in [3.63, 3.8) is 0 Å². The highest BCUT2D eigenvalue weighted by Crippen LogP contribution is 2.15. The van der Waals surface area contributed by atoms with Gasteiger partial charge in [0.15, 0.2) is 0 Å². The maximum atomic E-state index is 13.1. The van der Waals surface area contributed by atoms with E-state index in [-0.39, 0.29) is 12.1 Å². The van der Waals surface area contributed by atoms with Gasteiger partial charge in [0.1, 0.15) is 11.1 Å². The highest BCUT2D eigenvalue weighted by atomic mass is 16.5. The van der Waals surface area contributed by atoms with Crippen molar-refractivity contribution in [2.75, 3.05) is 39.8 Å². The average molecular weight is 388 g/mol. The van der Waals surface area contributed by atoms with E-state index in [4.69, 9.17) is 9.15 Å². The number of esters is 1. The fourth-order valence-corrected chi connectivity index (χ4v) is 3.07. The van der Waals surface area contributed by atoms with Crippen LogP contribution in [0, 0.1) is 5.92 Å². The normalized spacial score (nSPS) is 12.2. The standard InChI is InChI=1S/C21H28N2O5/c1-5-22(6-2)11-12-23(14-15(3)20(25)27-4)19(24)17-13-16-9-7-8-10-18(16)28-21(17)26/h7-10,13,15H,5-6,11-12,14H2,1-4H3. The van der Waals surface area contributed by atoms with Crippen LogP contribution in [0.3, 0.4) is 0 Å². The number of likely N-dealkylation sites (N-methyl/N-ethyl adjacent to an activating group) is 1. The Labute approximate surface area is 164 Å². The largest absolute Gasteiger partial charge is 0.469 e. The molecule has 1 unspecified atom stereocenters. The van der Waals surface area contributed by atoms with Gasteiger partial charge in [0.05, 0.1) is 13.0 Å². The molecular formula is C21H28N2O5. The molecule has 0 saturated heterocycles. The summed E-state index contributed by atoms with van der Waals surface area (Å²) in [5.41, 5.74) is -0.278.